The molecule has 0 unspecified atom stereocenters. The Balaban J connectivity index is 2.28. The van der Waals surface area contributed by atoms with Gasteiger partial charge in [-0.3, -0.25) is 4.79 Å². The van der Waals surface area contributed by atoms with Crippen LogP contribution >= 0.6 is 11.8 Å². The summed E-state index contributed by atoms with van der Waals surface area (Å²) in [4.78, 5) is 12.7. The molecule has 0 radical (unpaired) electrons. The number of benzene rings is 2. The van der Waals surface area contributed by atoms with E-state index in [2.05, 4.69) is 0 Å². The molecule has 2 rings (SSSR count). The summed E-state index contributed by atoms with van der Waals surface area (Å²) < 4.78 is 20.8. The molecule has 0 aromatic heterocycles. The van der Waals surface area contributed by atoms with Gasteiger partial charge < -0.3 is 24.7 Å². The van der Waals surface area contributed by atoms with Crippen LogP contribution in [0.1, 0.15) is 11.1 Å². The molecule has 0 bridgehead atoms. The number of methoxy groups -OCH3 is 4. The first-order valence-corrected chi connectivity index (χ1v) is 9.35. The highest BCUT2D eigenvalue weighted by atomic mass is 32.2. The number of carbonyl (C=O) groups is 1. The molecule has 0 aliphatic rings. The number of ether oxygens (including phenoxy) is 4. The summed E-state index contributed by atoms with van der Waals surface area (Å²) in [6.07, 6.45) is 0.325. The number of esters is 1. The fourth-order valence-electron chi connectivity index (χ4n) is 2.57. The third kappa shape index (κ3) is 5.55. The zero-order valence-corrected chi connectivity index (χ0v) is 16.8. The van der Waals surface area contributed by atoms with E-state index in [1.165, 1.54) is 7.11 Å². The molecule has 0 spiro atoms. The maximum absolute atomic E-state index is 11.7. The van der Waals surface area contributed by atoms with Gasteiger partial charge in [-0.1, -0.05) is 12.1 Å². The lowest BCUT2D eigenvalue weighted by Crippen LogP contribution is -2.33. The number of carbonyl (C=O) groups excluding carboxylic acids is 1. The minimum absolute atomic E-state index is 0.325. The van der Waals surface area contributed by atoms with E-state index in [1.807, 2.05) is 36.4 Å². The standard InChI is InChI=1S/C20H25NO5S/c1-23-15-7-5-13(6-8-15)12-27-19-14(10-17(21)20(22)26-4)9-16(24-2)11-18(19)25-3/h5-9,11,17H,10,12,21H2,1-4H3/t17-/m1/s1. The maximum atomic E-state index is 11.7. The Labute approximate surface area is 163 Å². The quantitative estimate of drug-likeness (QED) is 0.520. The minimum Gasteiger partial charge on any atom is -0.497 e. The molecule has 0 heterocycles. The molecule has 0 aliphatic carbocycles. The first-order chi connectivity index (χ1) is 13.0. The third-order valence-corrected chi connectivity index (χ3v) is 5.28. The normalized spacial score (nSPS) is 11.6. The first-order valence-electron chi connectivity index (χ1n) is 8.36. The Kier molecular flexibility index (Phi) is 7.82. The van der Waals surface area contributed by atoms with E-state index in [4.69, 9.17) is 24.7 Å². The van der Waals surface area contributed by atoms with Crippen LogP contribution in [0.25, 0.3) is 0 Å². The summed E-state index contributed by atoms with van der Waals surface area (Å²) in [5, 5.41) is 0. The lowest BCUT2D eigenvalue weighted by atomic mass is 10.1. The van der Waals surface area contributed by atoms with Crippen LogP contribution in [-0.4, -0.2) is 40.5 Å². The lowest BCUT2D eigenvalue weighted by molar-refractivity contribution is -0.142. The highest BCUT2D eigenvalue weighted by Crippen LogP contribution is 2.38. The highest BCUT2D eigenvalue weighted by Gasteiger charge is 2.20. The van der Waals surface area contributed by atoms with Crippen LogP contribution in [0.2, 0.25) is 0 Å². The Morgan fingerprint density at radius 2 is 1.67 bits per heavy atom. The van der Waals surface area contributed by atoms with Crippen LogP contribution in [0.5, 0.6) is 17.2 Å². The fraction of sp³-hybridized carbons (Fsp3) is 0.350. The average Bonchev–Trinajstić information content (AvgIpc) is 2.71. The molecule has 7 heteroatoms. The number of hydrogen-bond acceptors (Lipinski definition) is 7. The van der Waals surface area contributed by atoms with Crippen molar-refractivity contribution < 1.29 is 23.7 Å². The maximum Gasteiger partial charge on any atom is 0.322 e. The number of hydrogen-bond donors (Lipinski definition) is 1. The molecule has 146 valence electrons. The van der Waals surface area contributed by atoms with Crippen LogP contribution in [0.3, 0.4) is 0 Å². The molecule has 2 aromatic carbocycles. The molecule has 2 aromatic rings. The lowest BCUT2D eigenvalue weighted by Gasteiger charge is -2.17. The molecule has 27 heavy (non-hydrogen) atoms. The van der Waals surface area contributed by atoms with Crippen molar-refractivity contribution in [3.63, 3.8) is 0 Å². The predicted octanol–water partition coefficient (Wildman–Crippen LogP) is 3.05. The van der Waals surface area contributed by atoms with Gasteiger partial charge in [0.05, 0.1) is 33.3 Å². The minimum atomic E-state index is -0.757. The summed E-state index contributed by atoms with van der Waals surface area (Å²) in [7, 11) is 6.16. The second-order valence-electron chi connectivity index (χ2n) is 5.79. The predicted molar refractivity (Wildman–Crippen MR) is 106 cm³/mol. The van der Waals surface area contributed by atoms with Crippen LogP contribution in [0.4, 0.5) is 0 Å². The van der Waals surface area contributed by atoms with Gasteiger partial charge >= 0.3 is 5.97 Å². The van der Waals surface area contributed by atoms with E-state index in [-0.39, 0.29) is 0 Å². The largest absolute Gasteiger partial charge is 0.497 e. The van der Waals surface area contributed by atoms with Crippen molar-refractivity contribution in [2.45, 2.75) is 23.1 Å². The molecule has 0 saturated carbocycles. The molecule has 1 atom stereocenters. The summed E-state index contributed by atoms with van der Waals surface area (Å²) in [6.45, 7) is 0. The second kappa shape index (κ2) is 10.1. The number of thioether (sulfide) groups is 1. The van der Waals surface area contributed by atoms with E-state index in [9.17, 15) is 4.79 Å². The van der Waals surface area contributed by atoms with Crippen LogP contribution in [0, 0.1) is 0 Å². The summed E-state index contributed by atoms with van der Waals surface area (Å²) in [6, 6.07) is 10.8. The Hall–Kier alpha value is -2.38. The van der Waals surface area contributed by atoms with Gasteiger partial charge in [0.25, 0.3) is 0 Å². The smallest absolute Gasteiger partial charge is 0.322 e. The molecule has 0 amide bonds. The van der Waals surface area contributed by atoms with Gasteiger partial charge in [-0.25, -0.2) is 0 Å². The Morgan fingerprint density at radius 3 is 2.22 bits per heavy atom. The van der Waals surface area contributed by atoms with Crippen LogP contribution in [-0.2, 0) is 21.7 Å². The van der Waals surface area contributed by atoms with Gasteiger partial charge in [0.1, 0.15) is 23.3 Å². The van der Waals surface area contributed by atoms with E-state index < -0.39 is 12.0 Å². The highest BCUT2D eigenvalue weighted by molar-refractivity contribution is 7.98. The molecular weight excluding hydrogens is 366 g/mol. The van der Waals surface area contributed by atoms with Gasteiger partial charge in [-0.05, 0) is 35.7 Å². The van der Waals surface area contributed by atoms with E-state index >= 15 is 0 Å². The zero-order chi connectivity index (χ0) is 19.8. The van der Waals surface area contributed by atoms with Crippen molar-refractivity contribution in [3.8, 4) is 17.2 Å². The van der Waals surface area contributed by atoms with Crippen molar-refractivity contribution in [1.29, 1.82) is 0 Å². The van der Waals surface area contributed by atoms with Gasteiger partial charge in [0.15, 0.2) is 0 Å². The monoisotopic (exact) mass is 391 g/mol. The van der Waals surface area contributed by atoms with Crippen LogP contribution < -0.4 is 19.9 Å². The summed E-state index contributed by atoms with van der Waals surface area (Å²) in [5.74, 6) is 2.42. The van der Waals surface area contributed by atoms with Crippen molar-refractivity contribution in [1.82, 2.24) is 0 Å². The summed E-state index contributed by atoms with van der Waals surface area (Å²) >= 11 is 1.62. The zero-order valence-electron chi connectivity index (χ0n) is 16.0. The number of nitrogens with two attached hydrogens (primary N) is 1. The van der Waals surface area contributed by atoms with Crippen molar-refractivity contribution in [2.75, 3.05) is 28.4 Å². The second-order valence-corrected chi connectivity index (χ2v) is 6.77. The van der Waals surface area contributed by atoms with Gasteiger partial charge in [-0.2, -0.15) is 0 Å². The Bertz CT molecular complexity index is 764. The molecule has 6 nitrogen and oxygen atoms in total. The Morgan fingerprint density at radius 1 is 1.00 bits per heavy atom. The topological polar surface area (TPSA) is 80.0 Å². The first kappa shape index (κ1) is 20.9. The van der Waals surface area contributed by atoms with Crippen LogP contribution in [0.15, 0.2) is 41.3 Å². The van der Waals surface area contributed by atoms with Gasteiger partial charge in [0.2, 0.25) is 0 Å². The van der Waals surface area contributed by atoms with Crippen molar-refractivity contribution in [2.24, 2.45) is 5.73 Å². The van der Waals surface area contributed by atoms with E-state index in [0.29, 0.717) is 17.9 Å². The van der Waals surface area contributed by atoms with Crippen molar-refractivity contribution in [3.05, 3.63) is 47.5 Å². The molecular formula is C20H25NO5S. The average molecular weight is 391 g/mol. The van der Waals surface area contributed by atoms with E-state index in [0.717, 1.165) is 27.5 Å². The van der Waals surface area contributed by atoms with E-state index in [1.54, 1.807) is 33.1 Å². The number of rotatable bonds is 9. The van der Waals surface area contributed by atoms with Gasteiger partial charge in [0, 0.05) is 11.8 Å². The molecule has 0 fully saturated rings. The van der Waals surface area contributed by atoms with Crippen molar-refractivity contribution >= 4 is 17.7 Å². The summed E-state index contributed by atoms with van der Waals surface area (Å²) in [5.41, 5.74) is 7.99. The van der Waals surface area contributed by atoms with Gasteiger partial charge in [-0.15, -0.1) is 11.8 Å². The fourth-order valence-corrected chi connectivity index (χ4v) is 3.68. The SMILES string of the molecule is COC(=O)[C@H](N)Cc1cc(OC)cc(OC)c1SCc1ccc(OC)cc1. The molecule has 0 saturated heterocycles. The third-order valence-electron chi connectivity index (χ3n) is 4.05. The molecule has 2 N–H and O–H groups in total. The molecule has 0 aliphatic heterocycles.